The molecule has 1 unspecified atom stereocenters. The summed E-state index contributed by atoms with van der Waals surface area (Å²) in [5.41, 5.74) is 6.57. The molecule has 0 aliphatic carbocycles. The Kier molecular flexibility index (Phi) is 4.94. The fraction of sp³-hybridized carbons (Fsp3) is 0.385. The molecule has 0 saturated heterocycles. The van der Waals surface area contributed by atoms with Crippen molar-refractivity contribution in [3.05, 3.63) is 29.0 Å². The summed E-state index contributed by atoms with van der Waals surface area (Å²) >= 11 is 5.91. The molecule has 0 saturated carbocycles. The molecule has 6 nitrogen and oxygen atoms in total. The molecule has 7 heteroatoms. The minimum Gasteiger partial charge on any atom is -0.496 e. The standard InChI is InChI=1S/C13H16ClN3O3/c1-3-19-7-10(15)12-16-13(20-17-12)9-5-4-8(14)6-11(9)18-2/h4-6,10H,3,7,15H2,1-2H3. The Morgan fingerprint density at radius 2 is 2.25 bits per heavy atom. The number of hydrogen-bond donors (Lipinski definition) is 1. The Labute approximate surface area is 121 Å². The first-order valence-corrected chi connectivity index (χ1v) is 6.54. The maximum atomic E-state index is 5.91. The lowest BCUT2D eigenvalue weighted by Gasteiger charge is -2.06. The monoisotopic (exact) mass is 297 g/mol. The first kappa shape index (κ1) is 14.8. The van der Waals surface area contributed by atoms with Crippen LogP contribution in [0.2, 0.25) is 5.02 Å². The number of benzene rings is 1. The normalized spacial score (nSPS) is 12.4. The first-order valence-electron chi connectivity index (χ1n) is 6.16. The van der Waals surface area contributed by atoms with Crippen LogP contribution in [0.1, 0.15) is 18.8 Å². The summed E-state index contributed by atoms with van der Waals surface area (Å²) in [6.45, 7) is 2.82. The zero-order valence-corrected chi connectivity index (χ0v) is 12.1. The van der Waals surface area contributed by atoms with E-state index in [4.69, 9.17) is 31.3 Å². The van der Waals surface area contributed by atoms with Crippen LogP contribution >= 0.6 is 11.6 Å². The second-order valence-electron chi connectivity index (χ2n) is 4.07. The zero-order valence-electron chi connectivity index (χ0n) is 11.3. The second kappa shape index (κ2) is 6.69. The zero-order chi connectivity index (χ0) is 14.5. The van der Waals surface area contributed by atoms with E-state index in [0.29, 0.717) is 41.3 Å². The van der Waals surface area contributed by atoms with E-state index in [1.54, 1.807) is 25.3 Å². The molecule has 108 valence electrons. The molecular formula is C13H16ClN3O3. The molecule has 1 atom stereocenters. The molecule has 2 aromatic rings. The van der Waals surface area contributed by atoms with E-state index in [9.17, 15) is 0 Å². The lowest BCUT2D eigenvalue weighted by molar-refractivity contribution is 0.130. The average molecular weight is 298 g/mol. The summed E-state index contributed by atoms with van der Waals surface area (Å²) in [4.78, 5) is 4.27. The maximum absolute atomic E-state index is 5.91. The van der Waals surface area contributed by atoms with Crippen LogP contribution in [0.3, 0.4) is 0 Å². The number of halogens is 1. The van der Waals surface area contributed by atoms with Gasteiger partial charge < -0.3 is 19.7 Å². The maximum Gasteiger partial charge on any atom is 0.261 e. The van der Waals surface area contributed by atoms with E-state index < -0.39 is 6.04 Å². The molecule has 0 aliphatic rings. The van der Waals surface area contributed by atoms with Crippen molar-refractivity contribution in [1.82, 2.24) is 10.1 Å². The quantitative estimate of drug-likeness (QED) is 0.881. The number of nitrogens with two attached hydrogens (primary N) is 1. The second-order valence-corrected chi connectivity index (χ2v) is 4.50. The minimum absolute atomic E-state index is 0.334. The average Bonchev–Trinajstić information content (AvgIpc) is 2.94. The number of rotatable bonds is 6. The minimum atomic E-state index is -0.425. The Balaban J connectivity index is 2.24. The van der Waals surface area contributed by atoms with Crippen molar-refractivity contribution in [2.75, 3.05) is 20.3 Å². The molecule has 0 bridgehead atoms. The summed E-state index contributed by atoms with van der Waals surface area (Å²) in [5, 5.41) is 4.43. The van der Waals surface area contributed by atoms with Crippen LogP contribution in [0.4, 0.5) is 0 Å². The van der Waals surface area contributed by atoms with Gasteiger partial charge in [-0.05, 0) is 25.1 Å². The van der Waals surface area contributed by atoms with Gasteiger partial charge in [-0.25, -0.2) is 0 Å². The van der Waals surface area contributed by atoms with Gasteiger partial charge in [0.1, 0.15) is 5.75 Å². The van der Waals surface area contributed by atoms with Gasteiger partial charge in [0.05, 0.1) is 25.3 Å². The third-order valence-corrected chi connectivity index (χ3v) is 2.90. The molecule has 2 N–H and O–H groups in total. The van der Waals surface area contributed by atoms with Crippen molar-refractivity contribution in [1.29, 1.82) is 0 Å². The molecule has 0 fully saturated rings. The van der Waals surface area contributed by atoms with E-state index in [0.717, 1.165) is 0 Å². The van der Waals surface area contributed by atoms with E-state index in [2.05, 4.69) is 10.1 Å². The fourth-order valence-corrected chi connectivity index (χ4v) is 1.82. The summed E-state index contributed by atoms with van der Waals surface area (Å²) in [6.07, 6.45) is 0. The van der Waals surface area contributed by atoms with Gasteiger partial charge in [-0.2, -0.15) is 4.98 Å². The van der Waals surface area contributed by atoms with Crippen molar-refractivity contribution >= 4 is 11.6 Å². The van der Waals surface area contributed by atoms with Crippen molar-refractivity contribution in [3.8, 4) is 17.2 Å². The van der Waals surface area contributed by atoms with Crippen molar-refractivity contribution in [3.63, 3.8) is 0 Å². The molecule has 0 radical (unpaired) electrons. The Morgan fingerprint density at radius 3 is 2.95 bits per heavy atom. The molecule has 20 heavy (non-hydrogen) atoms. The van der Waals surface area contributed by atoms with E-state index >= 15 is 0 Å². The van der Waals surface area contributed by atoms with Crippen LogP contribution in [0.5, 0.6) is 5.75 Å². The number of methoxy groups -OCH3 is 1. The van der Waals surface area contributed by atoms with Gasteiger partial charge in [0.25, 0.3) is 5.89 Å². The first-order chi connectivity index (χ1) is 9.65. The van der Waals surface area contributed by atoms with Gasteiger partial charge in [0.2, 0.25) is 0 Å². The van der Waals surface area contributed by atoms with Crippen LogP contribution in [0.25, 0.3) is 11.5 Å². The number of aromatic nitrogens is 2. The smallest absolute Gasteiger partial charge is 0.261 e. The number of ether oxygens (including phenoxy) is 2. The summed E-state index contributed by atoms with van der Waals surface area (Å²) in [7, 11) is 1.55. The van der Waals surface area contributed by atoms with E-state index in [1.807, 2.05) is 6.92 Å². The largest absolute Gasteiger partial charge is 0.496 e. The van der Waals surface area contributed by atoms with Crippen LogP contribution in [-0.2, 0) is 4.74 Å². The lowest BCUT2D eigenvalue weighted by atomic mass is 10.2. The summed E-state index contributed by atoms with van der Waals surface area (Å²) < 4.78 is 15.7. The highest BCUT2D eigenvalue weighted by molar-refractivity contribution is 6.30. The highest BCUT2D eigenvalue weighted by atomic mass is 35.5. The molecule has 0 spiro atoms. The van der Waals surface area contributed by atoms with E-state index in [-0.39, 0.29) is 0 Å². The van der Waals surface area contributed by atoms with Crippen LogP contribution in [0.15, 0.2) is 22.7 Å². The van der Waals surface area contributed by atoms with Gasteiger partial charge in [-0.1, -0.05) is 16.8 Å². The van der Waals surface area contributed by atoms with Crippen molar-refractivity contribution < 1.29 is 14.0 Å². The Hall–Kier alpha value is -1.63. The molecule has 0 amide bonds. The third kappa shape index (κ3) is 3.27. The number of hydrogen-bond acceptors (Lipinski definition) is 6. The molecule has 1 aromatic carbocycles. The molecule has 1 aromatic heterocycles. The molecule has 1 heterocycles. The molecule has 0 aliphatic heterocycles. The predicted molar refractivity (Wildman–Crippen MR) is 74.7 cm³/mol. The Morgan fingerprint density at radius 1 is 1.45 bits per heavy atom. The predicted octanol–water partition coefficient (Wildman–Crippen LogP) is 2.43. The van der Waals surface area contributed by atoms with Crippen molar-refractivity contribution in [2.45, 2.75) is 13.0 Å². The lowest BCUT2D eigenvalue weighted by Crippen LogP contribution is -2.18. The summed E-state index contributed by atoms with van der Waals surface area (Å²) in [6, 6.07) is 4.74. The van der Waals surface area contributed by atoms with Crippen LogP contribution < -0.4 is 10.5 Å². The highest BCUT2D eigenvalue weighted by Gasteiger charge is 2.18. The van der Waals surface area contributed by atoms with Crippen LogP contribution in [0, 0.1) is 0 Å². The van der Waals surface area contributed by atoms with Crippen molar-refractivity contribution in [2.24, 2.45) is 5.73 Å². The topological polar surface area (TPSA) is 83.4 Å². The van der Waals surface area contributed by atoms with Crippen LogP contribution in [-0.4, -0.2) is 30.5 Å². The molecular weight excluding hydrogens is 282 g/mol. The summed E-state index contributed by atoms with van der Waals surface area (Å²) in [5.74, 6) is 1.29. The van der Waals surface area contributed by atoms with Gasteiger partial charge >= 0.3 is 0 Å². The van der Waals surface area contributed by atoms with Gasteiger partial charge in [-0.15, -0.1) is 0 Å². The SMILES string of the molecule is CCOCC(N)c1noc(-c2ccc(Cl)cc2OC)n1. The highest BCUT2D eigenvalue weighted by Crippen LogP contribution is 2.31. The van der Waals surface area contributed by atoms with E-state index in [1.165, 1.54) is 0 Å². The molecule has 2 rings (SSSR count). The van der Waals surface area contributed by atoms with Gasteiger partial charge in [0, 0.05) is 11.6 Å². The van der Waals surface area contributed by atoms with Gasteiger partial charge in [0.15, 0.2) is 5.82 Å². The fourth-order valence-electron chi connectivity index (χ4n) is 1.66. The Bertz CT molecular complexity index is 574. The number of nitrogens with zero attached hydrogens (tertiary/aromatic N) is 2. The van der Waals surface area contributed by atoms with Gasteiger partial charge in [-0.3, -0.25) is 0 Å². The third-order valence-electron chi connectivity index (χ3n) is 2.67.